The standard InChI is InChI=1S/C23H43N5O.HI/c1-6-24-23(26-19(4)12-11-15-27(7-2)8-3)25-18-21(28-16-9-10-17-28)22-14-13-20(5)29-22;/h13-14,19,21H,6-12,15-18H2,1-5H3,(H2,24,25,26);1H. The van der Waals surface area contributed by atoms with Crippen LogP contribution in [0, 0.1) is 6.92 Å². The predicted octanol–water partition coefficient (Wildman–Crippen LogP) is 4.41. The summed E-state index contributed by atoms with van der Waals surface area (Å²) in [6, 6.07) is 4.80. The summed E-state index contributed by atoms with van der Waals surface area (Å²) in [6.45, 7) is 18.1. The SMILES string of the molecule is CCNC(=NCC(c1ccc(C)o1)N1CCCC1)NC(C)CCCN(CC)CC.I. The van der Waals surface area contributed by atoms with E-state index in [0.717, 1.165) is 56.6 Å². The third kappa shape index (κ3) is 9.14. The molecule has 1 fully saturated rings. The Morgan fingerprint density at radius 3 is 2.47 bits per heavy atom. The summed E-state index contributed by atoms with van der Waals surface area (Å²) in [5.74, 6) is 2.92. The van der Waals surface area contributed by atoms with Crippen LogP contribution in [-0.4, -0.2) is 67.6 Å². The van der Waals surface area contributed by atoms with Crippen LogP contribution in [0.5, 0.6) is 0 Å². The van der Waals surface area contributed by atoms with E-state index < -0.39 is 0 Å². The second-order valence-corrected chi connectivity index (χ2v) is 8.14. The van der Waals surface area contributed by atoms with Gasteiger partial charge in [-0.1, -0.05) is 13.8 Å². The van der Waals surface area contributed by atoms with E-state index >= 15 is 0 Å². The molecule has 0 radical (unpaired) electrons. The van der Waals surface area contributed by atoms with Crippen molar-refractivity contribution in [2.75, 3.05) is 45.8 Å². The van der Waals surface area contributed by atoms with E-state index in [1.54, 1.807) is 0 Å². The average molecular weight is 534 g/mol. The van der Waals surface area contributed by atoms with Gasteiger partial charge in [-0.15, -0.1) is 24.0 Å². The number of halogens is 1. The number of aryl methyl sites for hydroxylation is 1. The van der Waals surface area contributed by atoms with E-state index in [-0.39, 0.29) is 30.0 Å². The molecule has 2 unspecified atom stereocenters. The fourth-order valence-electron chi connectivity index (χ4n) is 4.04. The number of rotatable bonds is 12. The van der Waals surface area contributed by atoms with Gasteiger partial charge < -0.3 is 20.0 Å². The van der Waals surface area contributed by atoms with Crippen molar-refractivity contribution in [2.45, 2.75) is 72.4 Å². The third-order valence-electron chi connectivity index (χ3n) is 5.83. The number of aliphatic imine (C=N–C) groups is 1. The third-order valence-corrected chi connectivity index (χ3v) is 5.83. The Kier molecular flexibility index (Phi) is 13.7. The molecule has 7 heteroatoms. The zero-order chi connectivity index (χ0) is 21.1. The Labute approximate surface area is 201 Å². The fourth-order valence-corrected chi connectivity index (χ4v) is 4.04. The summed E-state index contributed by atoms with van der Waals surface area (Å²) < 4.78 is 5.97. The van der Waals surface area contributed by atoms with E-state index in [0.29, 0.717) is 12.6 Å². The largest absolute Gasteiger partial charge is 0.465 e. The van der Waals surface area contributed by atoms with Gasteiger partial charge in [0.15, 0.2) is 5.96 Å². The lowest BCUT2D eigenvalue weighted by Crippen LogP contribution is -2.43. The molecular weight excluding hydrogens is 489 g/mol. The molecule has 2 N–H and O–H groups in total. The summed E-state index contributed by atoms with van der Waals surface area (Å²) in [5, 5.41) is 7.02. The van der Waals surface area contributed by atoms with Gasteiger partial charge in [0.2, 0.25) is 0 Å². The number of hydrogen-bond donors (Lipinski definition) is 2. The molecule has 2 rings (SSSR count). The van der Waals surface area contributed by atoms with Crippen molar-refractivity contribution in [1.29, 1.82) is 0 Å². The fraction of sp³-hybridized carbons (Fsp3) is 0.783. The zero-order valence-electron chi connectivity index (χ0n) is 19.7. The molecule has 174 valence electrons. The molecule has 0 aliphatic carbocycles. The van der Waals surface area contributed by atoms with Gasteiger partial charge in [0.05, 0.1) is 12.6 Å². The molecule has 0 bridgehead atoms. The highest BCUT2D eigenvalue weighted by Gasteiger charge is 2.26. The quantitative estimate of drug-likeness (QED) is 0.237. The van der Waals surface area contributed by atoms with Crippen LogP contribution in [0.25, 0.3) is 0 Å². The van der Waals surface area contributed by atoms with Gasteiger partial charge in [-0.2, -0.15) is 0 Å². The van der Waals surface area contributed by atoms with Crippen molar-refractivity contribution in [3.8, 4) is 0 Å². The number of nitrogens with one attached hydrogen (secondary N) is 2. The first-order valence-electron chi connectivity index (χ1n) is 11.6. The Hall–Kier alpha value is -0.800. The lowest BCUT2D eigenvalue weighted by molar-refractivity contribution is 0.219. The lowest BCUT2D eigenvalue weighted by Gasteiger charge is -2.25. The van der Waals surface area contributed by atoms with Crippen LogP contribution < -0.4 is 10.6 Å². The van der Waals surface area contributed by atoms with Crippen molar-refractivity contribution in [1.82, 2.24) is 20.4 Å². The second kappa shape index (κ2) is 15.1. The highest BCUT2D eigenvalue weighted by Crippen LogP contribution is 2.26. The first-order chi connectivity index (χ1) is 14.1. The number of furan rings is 1. The highest BCUT2D eigenvalue weighted by atomic mass is 127. The smallest absolute Gasteiger partial charge is 0.191 e. The van der Waals surface area contributed by atoms with Gasteiger partial charge in [-0.25, -0.2) is 0 Å². The average Bonchev–Trinajstić information content (AvgIpc) is 3.38. The lowest BCUT2D eigenvalue weighted by atomic mass is 10.1. The normalized spacial score (nSPS) is 17.1. The molecular formula is C23H44IN5O. The van der Waals surface area contributed by atoms with E-state index in [1.165, 1.54) is 25.8 Å². The van der Waals surface area contributed by atoms with Crippen LogP contribution in [0.1, 0.15) is 70.9 Å². The first kappa shape index (κ1) is 27.2. The predicted molar refractivity (Wildman–Crippen MR) is 138 cm³/mol. The van der Waals surface area contributed by atoms with E-state index in [4.69, 9.17) is 9.41 Å². The summed E-state index contributed by atoms with van der Waals surface area (Å²) in [6.07, 6.45) is 4.88. The van der Waals surface area contributed by atoms with E-state index in [1.807, 2.05) is 6.92 Å². The minimum Gasteiger partial charge on any atom is -0.465 e. The van der Waals surface area contributed by atoms with Crippen molar-refractivity contribution >= 4 is 29.9 Å². The van der Waals surface area contributed by atoms with Gasteiger partial charge in [-0.05, 0) is 91.3 Å². The minimum atomic E-state index is 0. The van der Waals surface area contributed by atoms with Gasteiger partial charge in [0.25, 0.3) is 0 Å². The molecule has 0 aromatic carbocycles. The Bertz CT molecular complexity index is 596. The number of likely N-dealkylation sites (tertiary alicyclic amines) is 1. The number of guanidine groups is 1. The van der Waals surface area contributed by atoms with E-state index in [2.05, 4.69) is 60.3 Å². The summed E-state index contributed by atoms with van der Waals surface area (Å²) in [5.41, 5.74) is 0. The molecule has 1 aromatic rings. The summed E-state index contributed by atoms with van der Waals surface area (Å²) in [4.78, 5) is 9.94. The van der Waals surface area contributed by atoms with Crippen molar-refractivity contribution in [3.63, 3.8) is 0 Å². The molecule has 1 aliphatic rings. The van der Waals surface area contributed by atoms with Crippen LogP contribution in [0.3, 0.4) is 0 Å². The summed E-state index contributed by atoms with van der Waals surface area (Å²) >= 11 is 0. The van der Waals surface area contributed by atoms with Crippen molar-refractivity contribution in [2.24, 2.45) is 4.99 Å². The van der Waals surface area contributed by atoms with Crippen LogP contribution >= 0.6 is 24.0 Å². The maximum atomic E-state index is 5.97. The maximum absolute atomic E-state index is 5.97. The Morgan fingerprint density at radius 2 is 1.90 bits per heavy atom. The molecule has 2 heterocycles. The molecule has 1 aromatic heterocycles. The molecule has 1 aliphatic heterocycles. The zero-order valence-corrected chi connectivity index (χ0v) is 22.1. The topological polar surface area (TPSA) is 56.0 Å². The highest BCUT2D eigenvalue weighted by molar-refractivity contribution is 14.0. The van der Waals surface area contributed by atoms with Crippen LogP contribution in [0.4, 0.5) is 0 Å². The van der Waals surface area contributed by atoms with Crippen molar-refractivity contribution in [3.05, 3.63) is 23.7 Å². The van der Waals surface area contributed by atoms with E-state index in [9.17, 15) is 0 Å². The molecule has 0 amide bonds. The second-order valence-electron chi connectivity index (χ2n) is 8.14. The monoisotopic (exact) mass is 533 g/mol. The first-order valence-corrected chi connectivity index (χ1v) is 11.6. The van der Waals surface area contributed by atoms with Gasteiger partial charge >= 0.3 is 0 Å². The van der Waals surface area contributed by atoms with Crippen molar-refractivity contribution < 1.29 is 4.42 Å². The molecule has 6 nitrogen and oxygen atoms in total. The molecule has 1 saturated heterocycles. The van der Waals surface area contributed by atoms with Gasteiger partial charge in [0, 0.05) is 12.6 Å². The Morgan fingerprint density at radius 1 is 1.20 bits per heavy atom. The summed E-state index contributed by atoms with van der Waals surface area (Å²) in [7, 11) is 0. The maximum Gasteiger partial charge on any atom is 0.191 e. The van der Waals surface area contributed by atoms with Crippen LogP contribution in [0.15, 0.2) is 21.5 Å². The van der Waals surface area contributed by atoms with Crippen LogP contribution in [-0.2, 0) is 0 Å². The van der Waals surface area contributed by atoms with Gasteiger partial charge in [0.1, 0.15) is 11.5 Å². The molecule has 30 heavy (non-hydrogen) atoms. The molecule has 2 atom stereocenters. The minimum absolute atomic E-state index is 0. The number of nitrogens with zero attached hydrogens (tertiary/aromatic N) is 3. The number of hydrogen-bond acceptors (Lipinski definition) is 4. The van der Waals surface area contributed by atoms with Crippen LogP contribution in [0.2, 0.25) is 0 Å². The molecule has 0 saturated carbocycles. The Balaban J connectivity index is 0.00000450. The van der Waals surface area contributed by atoms with Gasteiger partial charge in [-0.3, -0.25) is 9.89 Å². The molecule has 0 spiro atoms.